The predicted octanol–water partition coefficient (Wildman–Crippen LogP) is 2.37. The summed E-state index contributed by atoms with van der Waals surface area (Å²) in [6.07, 6.45) is 8.06. The number of nitrogens with zero attached hydrogens (tertiary/aromatic N) is 1. The number of carbonyl (C=O) groups excluding carboxylic acids is 1. The van der Waals surface area contributed by atoms with Gasteiger partial charge in [-0.3, -0.25) is 0 Å². The van der Waals surface area contributed by atoms with Gasteiger partial charge in [0.25, 0.3) is 0 Å². The first-order valence-corrected chi connectivity index (χ1v) is 7.73. The Bertz CT molecular complexity index is 311. The van der Waals surface area contributed by atoms with Crippen LogP contribution in [0.3, 0.4) is 0 Å². The van der Waals surface area contributed by atoms with Crippen molar-refractivity contribution in [3.05, 3.63) is 0 Å². The molecule has 0 aromatic carbocycles. The number of hydrogen-bond donors (Lipinski definition) is 2. The lowest BCUT2D eigenvalue weighted by Crippen LogP contribution is -2.47. The first kappa shape index (κ1) is 14.6. The summed E-state index contributed by atoms with van der Waals surface area (Å²) in [4.78, 5) is 13.6. The maximum absolute atomic E-state index is 12.0. The molecule has 0 aliphatic heterocycles. The molecule has 2 aliphatic carbocycles. The maximum atomic E-state index is 12.0. The van der Waals surface area contributed by atoms with Gasteiger partial charge in [0.15, 0.2) is 0 Å². The van der Waals surface area contributed by atoms with Gasteiger partial charge in [-0.1, -0.05) is 19.8 Å². The zero-order valence-corrected chi connectivity index (χ0v) is 12.3. The number of carbonyl (C=O) groups is 1. The minimum Gasteiger partial charge on any atom is -0.391 e. The van der Waals surface area contributed by atoms with E-state index in [9.17, 15) is 9.90 Å². The highest BCUT2D eigenvalue weighted by atomic mass is 16.3. The second-order valence-electron chi connectivity index (χ2n) is 6.55. The number of hydrogen-bond acceptors (Lipinski definition) is 2. The summed E-state index contributed by atoms with van der Waals surface area (Å²) in [6.45, 7) is 3.46. The van der Waals surface area contributed by atoms with Crippen molar-refractivity contribution in [3.63, 3.8) is 0 Å². The zero-order valence-electron chi connectivity index (χ0n) is 12.3. The van der Waals surface area contributed by atoms with E-state index in [0.717, 1.165) is 19.4 Å². The number of aliphatic hydroxyl groups is 1. The molecule has 0 aromatic rings. The lowest BCUT2D eigenvalue weighted by atomic mass is 9.66. The molecule has 2 amide bonds. The highest BCUT2D eigenvalue weighted by Crippen LogP contribution is 2.44. The second kappa shape index (κ2) is 6.12. The van der Waals surface area contributed by atoms with Crippen molar-refractivity contribution in [1.82, 2.24) is 10.2 Å². The smallest absolute Gasteiger partial charge is 0.317 e. The Hall–Kier alpha value is -0.770. The molecule has 4 nitrogen and oxygen atoms in total. The Balaban J connectivity index is 1.70. The topological polar surface area (TPSA) is 52.6 Å². The fraction of sp³-hybridized carbons (Fsp3) is 0.933. The third-order valence-electron chi connectivity index (χ3n) is 4.78. The van der Waals surface area contributed by atoms with Crippen molar-refractivity contribution in [3.8, 4) is 0 Å². The molecule has 1 unspecified atom stereocenters. The fourth-order valence-corrected chi connectivity index (χ4v) is 3.11. The lowest BCUT2D eigenvalue weighted by Gasteiger charge is -2.42. The molecular formula is C15H28N2O2. The molecule has 0 aromatic heterocycles. The van der Waals surface area contributed by atoms with Crippen LogP contribution in [-0.2, 0) is 0 Å². The Morgan fingerprint density at radius 2 is 2.16 bits per heavy atom. The van der Waals surface area contributed by atoms with E-state index in [1.165, 1.54) is 32.1 Å². The van der Waals surface area contributed by atoms with Crippen LogP contribution in [0, 0.1) is 11.3 Å². The Morgan fingerprint density at radius 3 is 2.63 bits per heavy atom. The van der Waals surface area contributed by atoms with E-state index >= 15 is 0 Å². The largest absolute Gasteiger partial charge is 0.391 e. The molecule has 2 aliphatic rings. The fourth-order valence-electron chi connectivity index (χ4n) is 3.11. The van der Waals surface area contributed by atoms with Gasteiger partial charge in [0.05, 0.1) is 6.10 Å². The van der Waals surface area contributed by atoms with Crippen LogP contribution < -0.4 is 5.32 Å². The van der Waals surface area contributed by atoms with Crippen molar-refractivity contribution in [2.75, 3.05) is 20.1 Å². The van der Waals surface area contributed by atoms with Gasteiger partial charge in [0.2, 0.25) is 0 Å². The van der Waals surface area contributed by atoms with Gasteiger partial charge >= 0.3 is 6.03 Å². The number of rotatable bonds is 7. The molecule has 1 atom stereocenters. The number of amides is 2. The molecular weight excluding hydrogens is 240 g/mol. The van der Waals surface area contributed by atoms with Crippen LogP contribution in [0.15, 0.2) is 0 Å². The van der Waals surface area contributed by atoms with Gasteiger partial charge in [-0.05, 0) is 43.4 Å². The summed E-state index contributed by atoms with van der Waals surface area (Å²) in [5.41, 5.74) is 0.361. The first-order chi connectivity index (χ1) is 9.06. The minimum absolute atomic E-state index is 0.0397. The molecule has 2 rings (SSSR count). The van der Waals surface area contributed by atoms with E-state index in [4.69, 9.17) is 0 Å². The van der Waals surface area contributed by atoms with E-state index in [-0.39, 0.29) is 12.1 Å². The van der Waals surface area contributed by atoms with Gasteiger partial charge in [0.1, 0.15) is 0 Å². The van der Waals surface area contributed by atoms with Crippen LogP contribution in [0.25, 0.3) is 0 Å². The average Bonchev–Trinajstić information content (AvgIpc) is 3.15. The van der Waals surface area contributed by atoms with Gasteiger partial charge in [-0.15, -0.1) is 0 Å². The van der Waals surface area contributed by atoms with Gasteiger partial charge in [-0.2, -0.15) is 0 Å². The molecule has 2 saturated carbocycles. The Morgan fingerprint density at radius 1 is 1.47 bits per heavy atom. The van der Waals surface area contributed by atoms with E-state index < -0.39 is 0 Å². The number of likely N-dealkylation sites (N-methyl/N-ethyl adjacent to an activating group) is 1. The monoisotopic (exact) mass is 268 g/mol. The van der Waals surface area contributed by atoms with Gasteiger partial charge in [0, 0.05) is 20.1 Å². The van der Waals surface area contributed by atoms with E-state index in [0.29, 0.717) is 17.9 Å². The molecule has 0 heterocycles. The Kier molecular flexibility index (Phi) is 4.71. The number of nitrogens with one attached hydrogen (secondary N) is 1. The SMILES string of the molecule is CCCC1(CNC(=O)N(C)CC(O)C2CC2)CCC1. The van der Waals surface area contributed by atoms with Crippen LogP contribution in [0.1, 0.15) is 51.9 Å². The van der Waals surface area contributed by atoms with E-state index in [2.05, 4.69) is 12.2 Å². The molecule has 4 heteroatoms. The third kappa shape index (κ3) is 3.85. The molecule has 2 fully saturated rings. The van der Waals surface area contributed by atoms with E-state index in [1.807, 2.05) is 0 Å². The molecule has 110 valence electrons. The molecule has 0 radical (unpaired) electrons. The zero-order chi connectivity index (χ0) is 13.9. The quantitative estimate of drug-likeness (QED) is 0.745. The normalized spacial score (nSPS) is 22.5. The summed E-state index contributed by atoms with van der Waals surface area (Å²) in [5, 5.41) is 12.9. The summed E-state index contributed by atoms with van der Waals surface area (Å²) < 4.78 is 0. The van der Waals surface area contributed by atoms with Crippen LogP contribution in [-0.4, -0.2) is 42.3 Å². The summed E-state index contributed by atoms with van der Waals surface area (Å²) in [5.74, 6) is 0.424. The van der Waals surface area contributed by atoms with Crippen LogP contribution in [0.2, 0.25) is 0 Å². The van der Waals surface area contributed by atoms with Crippen molar-refractivity contribution in [2.24, 2.45) is 11.3 Å². The molecule has 0 spiro atoms. The summed E-state index contributed by atoms with van der Waals surface area (Å²) in [6, 6.07) is -0.0397. The number of aliphatic hydroxyl groups excluding tert-OH is 1. The van der Waals surface area contributed by atoms with E-state index in [1.54, 1.807) is 11.9 Å². The highest BCUT2D eigenvalue weighted by molar-refractivity contribution is 5.73. The number of urea groups is 1. The molecule has 2 N–H and O–H groups in total. The van der Waals surface area contributed by atoms with Crippen LogP contribution in [0.4, 0.5) is 4.79 Å². The average molecular weight is 268 g/mol. The summed E-state index contributed by atoms with van der Waals surface area (Å²) >= 11 is 0. The van der Waals surface area contributed by atoms with Crippen molar-refractivity contribution in [2.45, 2.75) is 58.0 Å². The lowest BCUT2D eigenvalue weighted by molar-refractivity contribution is 0.100. The first-order valence-electron chi connectivity index (χ1n) is 7.73. The minimum atomic E-state index is -0.343. The predicted molar refractivity (Wildman–Crippen MR) is 76.0 cm³/mol. The van der Waals surface area contributed by atoms with Gasteiger partial charge < -0.3 is 15.3 Å². The van der Waals surface area contributed by atoms with Crippen LogP contribution >= 0.6 is 0 Å². The van der Waals surface area contributed by atoms with Crippen molar-refractivity contribution >= 4 is 6.03 Å². The Labute approximate surface area is 116 Å². The van der Waals surface area contributed by atoms with Crippen LogP contribution in [0.5, 0.6) is 0 Å². The van der Waals surface area contributed by atoms with Gasteiger partial charge in [-0.25, -0.2) is 4.79 Å². The standard InChI is InChI=1S/C15H28N2O2/c1-3-7-15(8-4-9-15)11-16-14(19)17(2)10-13(18)12-5-6-12/h12-13,18H,3-11H2,1-2H3,(H,16,19). The highest BCUT2D eigenvalue weighted by Gasteiger charge is 2.36. The maximum Gasteiger partial charge on any atom is 0.317 e. The van der Waals surface area contributed by atoms with Crippen molar-refractivity contribution < 1.29 is 9.90 Å². The molecule has 0 saturated heterocycles. The summed E-state index contributed by atoms with van der Waals surface area (Å²) in [7, 11) is 1.77. The second-order valence-corrected chi connectivity index (χ2v) is 6.55. The third-order valence-corrected chi connectivity index (χ3v) is 4.78. The molecule has 0 bridgehead atoms. The van der Waals surface area contributed by atoms with Crippen molar-refractivity contribution in [1.29, 1.82) is 0 Å². The molecule has 19 heavy (non-hydrogen) atoms.